The van der Waals surface area contributed by atoms with Crippen molar-refractivity contribution in [3.8, 4) is 5.69 Å². The number of benzene rings is 2. The number of halogens is 3. The molecule has 4 rings (SSSR count). The number of hydrogen-bond donors (Lipinski definition) is 1. The second kappa shape index (κ2) is 10.8. The number of fused-ring (bicyclic) bond motifs is 1. The van der Waals surface area contributed by atoms with Crippen molar-refractivity contribution in [2.75, 3.05) is 23.7 Å². The number of thioether (sulfide) groups is 1. The third-order valence-electron chi connectivity index (χ3n) is 6.12. The molecule has 1 N–H and O–H groups in total. The molecular weight excluding hydrogens is 513 g/mol. The fourth-order valence-corrected chi connectivity index (χ4v) is 5.53. The van der Waals surface area contributed by atoms with E-state index in [-0.39, 0.29) is 35.6 Å². The van der Waals surface area contributed by atoms with E-state index in [0.29, 0.717) is 29.3 Å². The second-order valence-corrected chi connectivity index (χ2v) is 11.9. The van der Waals surface area contributed by atoms with Crippen LogP contribution in [0.1, 0.15) is 56.7 Å². The molecule has 3 aromatic rings. The average Bonchev–Trinajstić information content (AvgIpc) is 3.17. The predicted molar refractivity (Wildman–Crippen MR) is 143 cm³/mol. The van der Waals surface area contributed by atoms with Gasteiger partial charge in [0.15, 0.2) is 0 Å². The first kappa shape index (κ1) is 27.8. The molecule has 10 heteroatoms. The number of hydrogen-bond acceptors (Lipinski definition) is 4. The topological polar surface area (TPSA) is 67.2 Å². The summed E-state index contributed by atoms with van der Waals surface area (Å²) in [5.41, 5.74) is 1.27. The van der Waals surface area contributed by atoms with E-state index >= 15 is 4.39 Å². The summed E-state index contributed by atoms with van der Waals surface area (Å²) in [4.78, 5) is 27.8. The molecule has 2 amide bonds. The van der Waals surface area contributed by atoms with Gasteiger partial charge in [-0.25, -0.2) is 17.9 Å². The highest BCUT2D eigenvalue weighted by molar-refractivity contribution is 8.00. The third kappa shape index (κ3) is 5.75. The summed E-state index contributed by atoms with van der Waals surface area (Å²) in [6.45, 7) is 9.93. The third-order valence-corrected chi connectivity index (χ3v) is 7.36. The molecule has 1 aromatic heterocycles. The molecule has 1 aliphatic heterocycles. The van der Waals surface area contributed by atoms with Crippen molar-refractivity contribution in [1.82, 2.24) is 15.1 Å². The van der Waals surface area contributed by atoms with E-state index < -0.39 is 28.1 Å². The Morgan fingerprint density at radius 1 is 1.11 bits per heavy atom. The summed E-state index contributed by atoms with van der Waals surface area (Å²) in [5.74, 6) is -2.10. The molecule has 6 nitrogen and oxygen atoms in total. The van der Waals surface area contributed by atoms with Gasteiger partial charge in [-0.1, -0.05) is 40.7 Å². The molecule has 0 saturated carbocycles. The SMILES string of the molecule is CC(C)CNC(=O)CN1C(=O)CS[C@@H](c2ccc(F)cc2F)c2c(C(C)(C)C)nn(-c3ccc(F)cc3)c21. The summed E-state index contributed by atoms with van der Waals surface area (Å²) < 4.78 is 44.3. The minimum Gasteiger partial charge on any atom is -0.354 e. The van der Waals surface area contributed by atoms with E-state index in [4.69, 9.17) is 5.10 Å². The van der Waals surface area contributed by atoms with Crippen LogP contribution in [0.25, 0.3) is 5.69 Å². The van der Waals surface area contributed by atoms with E-state index in [1.807, 2.05) is 34.6 Å². The molecule has 38 heavy (non-hydrogen) atoms. The van der Waals surface area contributed by atoms with Crippen LogP contribution in [-0.4, -0.2) is 40.4 Å². The van der Waals surface area contributed by atoms with Crippen molar-refractivity contribution < 1.29 is 22.8 Å². The molecule has 202 valence electrons. The van der Waals surface area contributed by atoms with Crippen molar-refractivity contribution in [1.29, 1.82) is 0 Å². The minimum absolute atomic E-state index is 0.0410. The maximum absolute atomic E-state index is 15.2. The highest BCUT2D eigenvalue weighted by atomic mass is 32.2. The monoisotopic (exact) mass is 544 g/mol. The van der Waals surface area contributed by atoms with E-state index in [2.05, 4.69) is 5.32 Å². The maximum atomic E-state index is 15.2. The fraction of sp³-hybridized carbons (Fsp3) is 0.393. The zero-order chi connectivity index (χ0) is 27.8. The molecule has 1 atom stereocenters. The predicted octanol–water partition coefficient (Wildman–Crippen LogP) is 5.53. The lowest BCUT2D eigenvalue weighted by molar-refractivity contribution is -0.123. The first-order chi connectivity index (χ1) is 17.9. The van der Waals surface area contributed by atoms with Crippen LogP contribution in [0.3, 0.4) is 0 Å². The van der Waals surface area contributed by atoms with Gasteiger partial charge in [-0.15, -0.1) is 11.8 Å². The zero-order valence-electron chi connectivity index (χ0n) is 22.0. The second-order valence-electron chi connectivity index (χ2n) is 10.8. The molecule has 1 aliphatic rings. The van der Waals surface area contributed by atoms with Gasteiger partial charge in [0.05, 0.1) is 22.4 Å². The number of amides is 2. The Bertz CT molecular complexity index is 1350. The van der Waals surface area contributed by atoms with Crippen molar-refractivity contribution in [3.63, 3.8) is 0 Å². The molecule has 2 heterocycles. The lowest BCUT2D eigenvalue weighted by atomic mass is 9.87. The Morgan fingerprint density at radius 3 is 2.37 bits per heavy atom. The number of carbonyl (C=O) groups excluding carboxylic acids is 2. The Balaban J connectivity index is 1.98. The molecule has 0 saturated heterocycles. The first-order valence-electron chi connectivity index (χ1n) is 12.4. The minimum atomic E-state index is -0.738. The average molecular weight is 545 g/mol. The van der Waals surface area contributed by atoms with Crippen LogP contribution in [-0.2, 0) is 15.0 Å². The van der Waals surface area contributed by atoms with E-state index in [9.17, 15) is 18.4 Å². The maximum Gasteiger partial charge on any atom is 0.240 e. The highest BCUT2D eigenvalue weighted by Gasteiger charge is 2.40. The summed E-state index contributed by atoms with van der Waals surface area (Å²) in [5, 5.41) is 6.99. The zero-order valence-corrected chi connectivity index (χ0v) is 22.8. The van der Waals surface area contributed by atoms with Gasteiger partial charge >= 0.3 is 0 Å². The lowest BCUT2D eigenvalue weighted by Gasteiger charge is -2.25. The van der Waals surface area contributed by atoms with Gasteiger partial charge in [0.2, 0.25) is 11.8 Å². The van der Waals surface area contributed by atoms with Crippen LogP contribution < -0.4 is 10.2 Å². The molecule has 0 spiro atoms. The van der Waals surface area contributed by atoms with Gasteiger partial charge < -0.3 is 5.32 Å². The van der Waals surface area contributed by atoms with Gasteiger partial charge in [-0.2, -0.15) is 5.10 Å². The Hall–Kier alpha value is -3.27. The quantitative estimate of drug-likeness (QED) is 0.443. The van der Waals surface area contributed by atoms with Crippen molar-refractivity contribution in [3.05, 3.63) is 76.7 Å². The smallest absolute Gasteiger partial charge is 0.240 e. The molecular formula is C28H31F3N4O2S. The van der Waals surface area contributed by atoms with Crippen LogP contribution in [0, 0.1) is 23.4 Å². The number of carbonyl (C=O) groups is 2. The van der Waals surface area contributed by atoms with Gasteiger partial charge in [0.1, 0.15) is 29.8 Å². The molecule has 0 radical (unpaired) electrons. The van der Waals surface area contributed by atoms with E-state index in [0.717, 1.165) is 6.07 Å². The van der Waals surface area contributed by atoms with E-state index in [1.54, 1.807) is 0 Å². The summed E-state index contributed by atoms with van der Waals surface area (Å²) in [6.07, 6.45) is 0. The summed E-state index contributed by atoms with van der Waals surface area (Å²) >= 11 is 1.20. The summed E-state index contributed by atoms with van der Waals surface area (Å²) in [7, 11) is 0. The number of nitrogens with one attached hydrogen (secondary N) is 1. The Kier molecular flexibility index (Phi) is 7.92. The van der Waals surface area contributed by atoms with Crippen LogP contribution in [0.5, 0.6) is 0 Å². The van der Waals surface area contributed by atoms with Crippen molar-refractivity contribution in [2.24, 2.45) is 5.92 Å². The molecule has 0 aliphatic carbocycles. The van der Waals surface area contributed by atoms with Crippen LogP contribution in [0.4, 0.5) is 19.0 Å². The molecule has 2 aromatic carbocycles. The van der Waals surface area contributed by atoms with Gasteiger partial charge in [0, 0.05) is 29.2 Å². The number of nitrogens with zero attached hydrogens (tertiary/aromatic N) is 3. The van der Waals surface area contributed by atoms with Crippen LogP contribution >= 0.6 is 11.8 Å². The number of anilines is 1. The first-order valence-corrected chi connectivity index (χ1v) is 13.4. The van der Waals surface area contributed by atoms with Crippen molar-refractivity contribution >= 4 is 29.4 Å². The highest BCUT2D eigenvalue weighted by Crippen LogP contribution is 2.49. The van der Waals surface area contributed by atoms with E-state index in [1.165, 1.54) is 57.7 Å². The van der Waals surface area contributed by atoms with Crippen LogP contribution in [0.15, 0.2) is 42.5 Å². The molecule has 0 bridgehead atoms. The van der Waals surface area contributed by atoms with Gasteiger partial charge in [-0.05, 0) is 36.2 Å². The summed E-state index contributed by atoms with van der Waals surface area (Å²) in [6, 6.07) is 9.01. The van der Waals surface area contributed by atoms with Gasteiger partial charge in [0.25, 0.3) is 0 Å². The van der Waals surface area contributed by atoms with Crippen LogP contribution in [0.2, 0.25) is 0 Å². The largest absolute Gasteiger partial charge is 0.354 e. The Morgan fingerprint density at radius 2 is 1.76 bits per heavy atom. The lowest BCUT2D eigenvalue weighted by Crippen LogP contribution is -2.43. The molecule has 0 fully saturated rings. The number of aromatic nitrogens is 2. The normalized spacial score (nSPS) is 16.0. The number of rotatable bonds is 6. The van der Waals surface area contributed by atoms with Gasteiger partial charge in [-0.3, -0.25) is 14.5 Å². The Labute approximate surface area is 224 Å². The standard InChI is InChI=1S/C28H31F3N4O2S/c1-16(2)13-32-22(36)14-34-23(37)15-38-25(20-11-8-18(30)12-21(20)31)24-26(28(3,4)5)33-35(27(24)34)19-9-6-17(29)7-10-19/h6-12,16,25H,13-15H2,1-5H3,(H,32,36)/t25-/m0/s1. The molecule has 0 unspecified atom stereocenters. The fourth-order valence-electron chi connectivity index (χ4n) is 4.31. The van der Waals surface area contributed by atoms with Crippen molar-refractivity contribution in [2.45, 2.75) is 45.3 Å².